The summed E-state index contributed by atoms with van der Waals surface area (Å²) < 4.78 is 23.7. The van der Waals surface area contributed by atoms with Gasteiger partial charge in [0.25, 0.3) is 5.69 Å². The maximum Gasteiger partial charge on any atom is 0.293 e. The maximum absolute atomic E-state index is 11.8. The van der Waals surface area contributed by atoms with Crippen LogP contribution in [0.3, 0.4) is 0 Å². The topological polar surface area (TPSA) is 83.8 Å². The highest BCUT2D eigenvalue weighted by Gasteiger charge is 2.29. The highest BCUT2D eigenvalue weighted by atomic mass is 32.2. The van der Waals surface area contributed by atoms with Gasteiger partial charge >= 0.3 is 0 Å². The van der Waals surface area contributed by atoms with Crippen molar-refractivity contribution in [1.82, 2.24) is 4.90 Å². The lowest BCUT2D eigenvalue weighted by molar-refractivity contribution is -0.384. The van der Waals surface area contributed by atoms with Crippen molar-refractivity contribution in [3.8, 4) is 0 Å². The molecule has 0 atom stereocenters. The van der Waals surface area contributed by atoms with Gasteiger partial charge in [-0.05, 0) is 23.3 Å². The molecule has 0 aromatic heterocycles. The second-order valence-electron chi connectivity index (χ2n) is 7.93. The number of sulfone groups is 1. The Labute approximate surface area is 188 Å². The summed E-state index contributed by atoms with van der Waals surface area (Å²) in [6.45, 7) is 2.66. The summed E-state index contributed by atoms with van der Waals surface area (Å²) in [7, 11) is -3.52. The molecule has 3 aromatic rings. The van der Waals surface area contributed by atoms with Crippen molar-refractivity contribution in [3.05, 3.63) is 100 Å². The standard InChI is InChI=1S/C24H25N3O4S/c1-32(30,31)21-12-13-22(23(18-21)27(28)29)25-14-16-26(17-15-25)24(19-8-4-2-5-9-19)20-10-6-3-7-11-20/h2-13,18,24H,14-17H2,1H3. The molecule has 1 heterocycles. The van der Waals surface area contributed by atoms with Gasteiger partial charge in [0.2, 0.25) is 0 Å². The molecule has 8 heteroatoms. The van der Waals surface area contributed by atoms with Crippen molar-refractivity contribution in [2.24, 2.45) is 0 Å². The predicted octanol–water partition coefficient (Wildman–Crippen LogP) is 3.91. The Morgan fingerprint density at radius 3 is 1.84 bits per heavy atom. The van der Waals surface area contributed by atoms with E-state index in [0.29, 0.717) is 18.8 Å². The Kier molecular flexibility index (Phi) is 6.25. The van der Waals surface area contributed by atoms with Crippen LogP contribution in [0.2, 0.25) is 0 Å². The van der Waals surface area contributed by atoms with E-state index in [9.17, 15) is 18.5 Å². The monoisotopic (exact) mass is 451 g/mol. The summed E-state index contributed by atoms with van der Waals surface area (Å²) in [4.78, 5) is 15.5. The Hall–Kier alpha value is -3.23. The molecule has 4 rings (SSSR count). The average Bonchev–Trinajstić information content (AvgIpc) is 2.80. The van der Waals surface area contributed by atoms with Gasteiger partial charge in [-0.15, -0.1) is 0 Å². The zero-order valence-corrected chi connectivity index (χ0v) is 18.6. The van der Waals surface area contributed by atoms with Gasteiger partial charge in [-0.25, -0.2) is 8.42 Å². The van der Waals surface area contributed by atoms with Crippen molar-refractivity contribution in [2.75, 3.05) is 37.3 Å². The van der Waals surface area contributed by atoms with Crippen molar-refractivity contribution in [3.63, 3.8) is 0 Å². The number of nitro benzene ring substituents is 1. The highest BCUT2D eigenvalue weighted by molar-refractivity contribution is 7.90. The average molecular weight is 452 g/mol. The Bertz CT molecular complexity index is 1150. The van der Waals surface area contributed by atoms with Gasteiger partial charge in [0.15, 0.2) is 9.84 Å². The molecule has 1 aliphatic heterocycles. The van der Waals surface area contributed by atoms with E-state index in [1.54, 1.807) is 6.07 Å². The molecule has 32 heavy (non-hydrogen) atoms. The molecule has 7 nitrogen and oxygen atoms in total. The van der Waals surface area contributed by atoms with Crippen molar-refractivity contribution >= 4 is 21.2 Å². The lowest BCUT2D eigenvalue weighted by atomic mass is 9.96. The predicted molar refractivity (Wildman–Crippen MR) is 125 cm³/mol. The lowest BCUT2D eigenvalue weighted by Gasteiger charge is -2.40. The van der Waals surface area contributed by atoms with Crippen LogP contribution in [0.4, 0.5) is 11.4 Å². The highest BCUT2D eigenvalue weighted by Crippen LogP contribution is 2.34. The van der Waals surface area contributed by atoms with E-state index in [1.165, 1.54) is 17.2 Å². The van der Waals surface area contributed by atoms with E-state index >= 15 is 0 Å². The van der Waals surface area contributed by atoms with Gasteiger partial charge in [-0.3, -0.25) is 15.0 Å². The first-order valence-corrected chi connectivity index (χ1v) is 12.3. The molecular formula is C24H25N3O4S. The summed E-state index contributed by atoms with van der Waals surface area (Å²) >= 11 is 0. The van der Waals surface area contributed by atoms with E-state index in [2.05, 4.69) is 29.2 Å². The normalized spacial score (nSPS) is 15.1. The number of piperazine rings is 1. The van der Waals surface area contributed by atoms with Crippen LogP contribution in [0.15, 0.2) is 83.8 Å². The molecule has 0 unspecified atom stereocenters. The largest absolute Gasteiger partial charge is 0.363 e. The third-order valence-electron chi connectivity index (χ3n) is 5.82. The van der Waals surface area contributed by atoms with Gasteiger partial charge in [-0.2, -0.15) is 0 Å². The number of rotatable bonds is 6. The van der Waals surface area contributed by atoms with Crippen LogP contribution in [-0.2, 0) is 9.84 Å². The number of hydrogen-bond donors (Lipinski definition) is 0. The number of benzene rings is 3. The summed E-state index contributed by atoms with van der Waals surface area (Å²) in [6, 6.07) is 24.9. The molecule has 0 bridgehead atoms. The molecular weight excluding hydrogens is 426 g/mol. The van der Waals surface area contributed by atoms with Gasteiger partial charge in [0.05, 0.1) is 15.9 Å². The summed E-state index contributed by atoms with van der Waals surface area (Å²) in [6.07, 6.45) is 1.05. The Morgan fingerprint density at radius 1 is 0.844 bits per heavy atom. The summed E-state index contributed by atoms with van der Waals surface area (Å²) in [5.74, 6) is 0. The molecule has 1 aliphatic rings. The minimum atomic E-state index is -3.52. The van der Waals surface area contributed by atoms with Gasteiger partial charge in [0, 0.05) is 38.5 Å². The van der Waals surface area contributed by atoms with Gasteiger partial charge < -0.3 is 4.90 Å². The van der Waals surface area contributed by atoms with Crippen LogP contribution >= 0.6 is 0 Å². The molecule has 0 aliphatic carbocycles. The molecule has 3 aromatic carbocycles. The fourth-order valence-electron chi connectivity index (χ4n) is 4.25. The molecule has 166 valence electrons. The van der Waals surface area contributed by atoms with Crippen LogP contribution in [-0.4, -0.2) is 50.7 Å². The second-order valence-corrected chi connectivity index (χ2v) is 9.94. The first-order chi connectivity index (χ1) is 15.3. The summed E-state index contributed by atoms with van der Waals surface area (Å²) in [5.41, 5.74) is 2.69. The fourth-order valence-corrected chi connectivity index (χ4v) is 4.89. The minimum absolute atomic E-state index is 0.0418. The number of nitrogens with zero attached hydrogens (tertiary/aromatic N) is 3. The quantitative estimate of drug-likeness (QED) is 0.417. The van der Waals surface area contributed by atoms with Crippen LogP contribution in [0.1, 0.15) is 17.2 Å². The zero-order chi connectivity index (χ0) is 22.7. The van der Waals surface area contributed by atoms with Crippen LogP contribution in [0.25, 0.3) is 0 Å². The van der Waals surface area contributed by atoms with Crippen LogP contribution in [0, 0.1) is 10.1 Å². The molecule has 0 N–H and O–H groups in total. The first-order valence-electron chi connectivity index (χ1n) is 10.4. The second kappa shape index (κ2) is 9.10. The molecule has 0 spiro atoms. The number of hydrogen-bond acceptors (Lipinski definition) is 6. The summed E-state index contributed by atoms with van der Waals surface area (Å²) in [5, 5.41) is 11.7. The molecule has 1 saturated heterocycles. The number of nitro groups is 1. The van der Waals surface area contributed by atoms with Crippen molar-refractivity contribution < 1.29 is 13.3 Å². The van der Waals surface area contributed by atoms with Gasteiger partial charge in [0.1, 0.15) is 5.69 Å². The Morgan fingerprint density at radius 2 is 1.38 bits per heavy atom. The fraction of sp³-hybridized carbons (Fsp3) is 0.250. The SMILES string of the molecule is CS(=O)(=O)c1ccc(N2CCN(C(c3ccccc3)c3ccccc3)CC2)c([N+](=O)[O-])c1. The smallest absolute Gasteiger partial charge is 0.293 e. The van der Waals surface area contributed by atoms with Crippen molar-refractivity contribution in [1.29, 1.82) is 0 Å². The number of anilines is 1. The minimum Gasteiger partial charge on any atom is -0.363 e. The maximum atomic E-state index is 11.8. The third-order valence-corrected chi connectivity index (χ3v) is 6.93. The van der Waals surface area contributed by atoms with E-state index in [0.717, 1.165) is 25.4 Å². The van der Waals surface area contributed by atoms with E-state index in [-0.39, 0.29) is 16.6 Å². The first kappa shape index (κ1) is 22.0. The van der Waals surface area contributed by atoms with E-state index in [1.807, 2.05) is 41.3 Å². The lowest BCUT2D eigenvalue weighted by Crippen LogP contribution is -2.48. The zero-order valence-electron chi connectivity index (χ0n) is 17.8. The van der Waals surface area contributed by atoms with E-state index in [4.69, 9.17) is 0 Å². The molecule has 0 saturated carbocycles. The molecule has 0 amide bonds. The van der Waals surface area contributed by atoms with Crippen molar-refractivity contribution in [2.45, 2.75) is 10.9 Å². The Balaban J connectivity index is 1.59. The van der Waals surface area contributed by atoms with E-state index < -0.39 is 14.8 Å². The molecule has 1 fully saturated rings. The third kappa shape index (κ3) is 4.66. The van der Waals surface area contributed by atoms with Crippen LogP contribution < -0.4 is 4.90 Å². The van der Waals surface area contributed by atoms with Gasteiger partial charge in [-0.1, -0.05) is 60.7 Å². The molecule has 0 radical (unpaired) electrons. The van der Waals surface area contributed by atoms with Crippen LogP contribution in [0.5, 0.6) is 0 Å².